The topological polar surface area (TPSA) is 130 Å². The van der Waals surface area contributed by atoms with Crippen LogP contribution in [-0.4, -0.2) is 61.9 Å². The van der Waals surface area contributed by atoms with Crippen LogP contribution in [0.1, 0.15) is 44.0 Å². The van der Waals surface area contributed by atoms with Gasteiger partial charge in [-0.25, -0.2) is 0 Å². The summed E-state index contributed by atoms with van der Waals surface area (Å²) in [5.74, 6) is -0.650. The molecule has 4 atom stereocenters. The molecular formula is C36H39N5O6. The number of aromatic nitrogens is 3. The predicted molar refractivity (Wildman–Crippen MR) is 174 cm³/mol. The summed E-state index contributed by atoms with van der Waals surface area (Å²) in [6.07, 6.45) is 2.18. The molecule has 47 heavy (non-hydrogen) atoms. The molecule has 11 heteroatoms. The Labute approximate surface area is 273 Å². The van der Waals surface area contributed by atoms with Gasteiger partial charge in [0.15, 0.2) is 12.2 Å². The Bertz CT molecular complexity index is 1800. The number of anilines is 3. The van der Waals surface area contributed by atoms with Crippen molar-refractivity contribution < 1.29 is 29.3 Å². The molecule has 2 N–H and O–H groups in total. The molecule has 1 fully saturated rings. The minimum absolute atomic E-state index is 0.0180. The largest absolute Gasteiger partial charge is 0.482 e. The van der Waals surface area contributed by atoms with Crippen molar-refractivity contribution in [2.75, 3.05) is 23.0 Å². The first kappa shape index (κ1) is 31.0. The summed E-state index contributed by atoms with van der Waals surface area (Å²) < 4.78 is 14.4. The third-order valence-electron chi connectivity index (χ3n) is 9.71. The van der Waals surface area contributed by atoms with Crippen LogP contribution in [0, 0.1) is 11.8 Å². The van der Waals surface area contributed by atoms with Crippen LogP contribution in [0.2, 0.25) is 0 Å². The normalized spacial score (nSPS) is 23.7. The molecule has 4 heterocycles. The highest BCUT2D eigenvalue weighted by Gasteiger charge is 2.65. The highest BCUT2D eigenvalue weighted by Crippen LogP contribution is 2.59. The minimum atomic E-state index is -1.41. The first-order chi connectivity index (χ1) is 22.6. The lowest BCUT2D eigenvalue weighted by atomic mass is 9.70. The number of aliphatic hydroxyl groups is 2. The van der Waals surface area contributed by atoms with Gasteiger partial charge < -0.3 is 24.6 Å². The molecule has 0 radical (unpaired) electrons. The van der Waals surface area contributed by atoms with Gasteiger partial charge in [0, 0.05) is 48.9 Å². The van der Waals surface area contributed by atoms with Crippen LogP contribution in [0.3, 0.4) is 0 Å². The third-order valence-corrected chi connectivity index (χ3v) is 9.71. The van der Waals surface area contributed by atoms with Gasteiger partial charge in [-0.1, -0.05) is 54.6 Å². The highest BCUT2D eigenvalue weighted by atomic mass is 16.5. The van der Waals surface area contributed by atoms with Crippen molar-refractivity contribution in [2.45, 2.75) is 64.0 Å². The quantitative estimate of drug-likeness (QED) is 0.280. The third kappa shape index (κ3) is 5.28. The number of carbonyl (C=O) groups excluding carboxylic acids is 2. The molecule has 2 amide bonds. The van der Waals surface area contributed by atoms with Crippen LogP contribution in [0.4, 0.5) is 17.1 Å². The van der Waals surface area contributed by atoms with Crippen LogP contribution in [0.25, 0.3) is 0 Å². The number of amides is 2. The molecule has 7 rings (SSSR count). The number of nitrogens with zero attached hydrogens (tertiary/aromatic N) is 5. The Kier molecular flexibility index (Phi) is 7.86. The number of fused-ring (bicyclic) bond motifs is 3. The van der Waals surface area contributed by atoms with Crippen LogP contribution in [-0.2, 0) is 39.4 Å². The molecule has 0 unspecified atom stereocenters. The standard InChI is InChI=1S/C36H39N5O6/c1-23-33(35(2,3)45)31(15-17-39-21-25(16-18-42)37-38-39)47-36(23)27-19-26(41-29-11-7-8-12-30(29)46-22-32(41)43)13-14-28(27)40(34(36)44)20-24-9-5-4-6-10-24/h4-14,19,21,23,31,33,42,45H,15-18,20,22H2,1-3H3/t23-,31+,33-,36+/m0/s1. The zero-order chi connectivity index (χ0) is 32.9. The Hall–Kier alpha value is -4.58. The van der Waals surface area contributed by atoms with Crippen molar-refractivity contribution in [3.63, 3.8) is 0 Å². The van der Waals surface area contributed by atoms with E-state index in [0.717, 1.165) is 5.56 Å². The number of rotatable bonds is 9. The first-order valence-corrected chi connectivity index (χ1v) is 16.1. The zero-order valence-corrected chi connectivity index (χ0v) is 26.7. The second kappa shape index (κ2) is 11.9. The molecule has 0 aliphatic carbocycles. The van der Waals surface area contributed by atoms with Gasteiger partial charge in [0.1, 0.15) is 5.75 Å². The smallest absolute Gasteiger partial charge is 0.269 e. The summed E-state index contributed by atoms with van der Waals surface area (Å²) in [5, 5.41) is 29.2. The molecule has 1 aromatic heterocycles. The maximum atomic E-state index is 14.9. The molecule has 11 nitrogen and oxygen atoms in total. The van der Waals surface area contributed by atoms with E-state index in [1.54, 1.807) is 34.5 Å². The number of aliphatic hydroxyl groups excluding tert-OH is 1. The van der Waals surface area contributed by atoms with Crippen LogP contribution >= 0.6 is 0 Å². The summed E-state index contributed by atoms with van der Waals surface area (Å²) in [6, 6.07) is 22.9. The van der Waals surface area contributed by atoms with E-state index in [9.17, 15) is 19.8 Å². The molecule has 1 saturated heterocycles. The molecule has 0 saturated carbocycles. The van der Waals surface area contributed by atoms with E-state index in [1.165, 1.54) is 0 Å². The van der Waals surface area contributed by atoms with E-state index < -0.39 is 29.1 Å². The lowest BCUT2D eigenvalue weighted by Gasteiger charge is -2.34. The summed E-state index contributed by atoms with van der Waals surface area (Å²) in [5.41, 5.74) is 1.69. The predicted octanol–water partition coefficient (Wildman–Crippen LogP) is 4.12. The van der Waals surface area contributed by atoms with Crippen LogP contribution < -0.4 is 14.5 Å². The van der Waals surface area contributed by atoms with Gasteiger partial charge in [-0.3, -0.25) is 19.2 Å². The van der Waals surface area contributed by atoms with Crippen molar-refractivity contribution in [3.8, 4) is 5.75 Å². The minimum Gasteiger partial charge on any atom is -0.482 e. The fourth-order valence-corrected chi connectivity index (χ4v) is 7.72. The van der Waals surface area contributed by atoms with Gasteiger partial charge in [0.05, 0.1) is 35.3 Å². The number of aryl methyl sites for hydroxylation is 1. The summed E-state index contributed by atoms with van der Waals surface area (Å²) >= 11 is 0. The zero-order valence-electron chi connectivity index (χ0n) is 26.7. The number of carbonyl (C=O) groups is 2. The second-order valence-corrected chi connectivity index (χ2v) is 13.2. The molecule has 3 aromatic carbocycles. The average molecular weight is 638 g/mol. The van der Waals surface area contributed by atoms with Crippen molar-refractivity contribution in [1.29, 1.82) is 0 Å². The Balaban J connectivity index is 1.32. The van der Waals surface area contributed by atoms with Gasteiger partial charge in [0.25, 0.3) is 11.8 Å². The number of hydrogen-bond acceptors (Lipinski definition) is 8. The van der Waals surface area contributed by atoms with Crippen LogP contribution in [0.15, 0.2) is 79.0 Å². The fourth-order valence-electron chi connectivity index (χ4n) is 7.72. The number of para-hydroxylation sites is 2. The first-order valence-electron chi connectivity index (χ1n) is 16.1. The molecule has 3 aliphatic rings. The maximum Gasteiger partial charge on any atom is 0.269 e. The van der Waals surface area contributed by atoms with E-state index in [1.807, 2.05) is 79.7 Å². The summed E-state index contributed by atoms with van der Waals surface area (Å²) in [6.45, 7) is 6.18. The number of hydrogen-bond donors (Lipinski definition) is 2. The Morgan fingerprint density at radius 2 is 1.79 bits per heavy atom. The van der Waals surface area contributed by atoms with E-state index in [-0.39, 0.29) is 25.0 Å². The number of ether oxygens (including phenoxy) is 2. The lowest BCUT2D eigenvalue weighted by Crippen LogP contribution is -2.46. The number of benzene rings is 3. The monoisotopic (exact) mass is 637 g/mol. The Morgan fingerprint density at radius 1 is 1.02 bits per heavy atom. The Morgan fingerprint density at radius 3 is 2.55 bits per heavy atom. The fraction of sp³-hybridized carbons (Fsp3) is 0.389. The second-order valence-electron chi connectivity index (χ2n) is 13.2. The van der Waals surface area contributed by atoms with E-state index >= 15 is 0 Å². The van der Waals surface area contributed by atoms with E-state index in [2.05, 4.69) is 10.3 Å². The van der Waals surface area contributed by atoms with Gasteiger partial charge in [-0.15, -0.1) is 5.10 Å². The summed E-state index contributed by atoms with van der Waals surface area (Å²) in [4.78, 5) is 31.6. The van der Waals surface area contributed by atoms with Crippen molar-refractivity contribution in [3.05, 3.63) is 95.8 Å². The molecule has 4 aromatic rings. The van der Waals surface area contributed by atoms with Gasteiger partial charge in [-0.2, -0.15) is 0 Å². The summed E-state index contributed by atoms with van der Waals surface area (Å²) in [7, 11) is 0. The molecule has 244 valence electrons. The van der Waals surface area contributed by atoms with Gasteiger partial charge >= 0.3 is 0 Å². The van der Waals surface area contributed by atoms with Gasteiger partial charge in [-0.05, 0) is 56.2 Å². The van der Waals surface area contributed by atoms with Crippen molar-refractivity contribution in [1.82, 2.24) is 15.0 Å². The van der Waals surface area contributed by atoms with Gasteiger partial charge in [0.2, 0.25) is 0 Å². The average Bonchev–Trinajstić information content (AvgIpc) is 3.70. The lowest BCUT2D eigenvalue weighted by molar-refractivity contribution is -0.146. The highest BCUT2D eigenvalue weighted by molar-refractivity contribution is 6.09. The van der Waals surface area contributed by atoms with Crippen molar-refractivity contribution >= 4 is 28.9 Å². The van der Waals surface area contributed by atoms with E-state index in [0.29, 0.717) is 60.0 Å². The maximum absolute atomic E-state index is 14.9. The molecule has 3 aliphatic heterocycles. The van der Waals surface area contributed by atoms with E-state index in [4.69, 9.17) is 9.47 Å². The molecular weight excluding hydrogens is 598 g/mol. The van der Waals surface area contributed by atoms with Crippen LogP contribution in [0.5, 0.6) is 5.75 Å². The SMILES string of the molecule is C[C@H]1[C@H](C(C)(C)O)[C@@H](CCn2cc(CCO)nn2)O[C@]12C(=O)N(Cc1ccccc1)c1ccc(N3C(=O)COc4ccccc43)cc12. The molecule has 1 spiro atoms. The molecule has 0 bridgehead atoms. The van der Waals surface area contributed by atoms with Crippen molar-refractivity contribution in [2.24, 2.45) is 11.8 Å².